The van der Waals surface area contributed by atoms with E-state index in [0.29, 0.717) is 0 Å². The molecule has 0 aliphatic carbocycles. The second-order valence-electron chi connectivity index (χ2n) is 5.15. The van der Waals surface area contributed by atoms with E-state index in [4.69, 9.17) is 0 Å². The standard InChI is InChI=1S/C17H18IN3O2/c1-11-9-14(18)5-8-16(11)20-12(2)17(23)21-19-10-13-3-6-15(22)7-4-13/h3-10,12,20,22H,1-2H3,(H,21,23)/b19-10-/t12-/m0/s1. The van der Waals surface area contributed by atoms with Crippen molar-refractivity contribution in [3.8, 4) is 5.75 Å². The number of amides is 1. The Morgan fingerprint density at radius 3 is 2.61 bits per heavy atom. The van der Waals surface area contributed by atoms with Crippen LogP contribution in [-0.4, -0.2) is 23.3 Å². The molecule has 0 heterocycles. The number of carbonyl (C=O) groups is 1. The largest absolute Gasteiger partial charge is 0.508 e. The molecule has 0 aromatic heterocycles. The number of anilines is 1. The van der Waals surface area contributed by atoms with Gasteiger partial charge in [-0.15, -0.1) is 0 Å². The molecule has 5 nitrogen and oxygen atoms in total. The smallest absolute Gasteiger partial charge is 0.262 e. The van der Waals surface area contributed by atoms with Crippen molar-refractivity contribution in [2.45, 2.75) is 19.9 Å². The van der Waals surface area contributed by atoms with Crippen molar-refractivity contribution < 1.29 is 9.90 Å². The molecular formula is C17H18IN3O2. The number of nitrogens with one attached hydrogen (secondary N) is 2. The number of hydrogen-bond donors (Lipinski definition) is 3. The van der Waals surface area contributed by atoms with E-state index >= 15 is 0 Å². The van der Waals surface area contributed by atoms with Crippen molar-refractivity contribution >= 4 is 40.4 Å². The molecule has 0 bridgehead atoms. The maximum Gasteiger partial charge on any atom is 0.262 e. The molecule has 0 aliphatic rings. The minimum Gasteiger partial charge on any atom is -0.508 e. The minimum atomic E-state index is -0.411. The van der Waals surface area contributed by atoms with Gasteiger partial charge in [0.05, 0.1) is 6.21 Å². The van der Waals surface area contributed by atoms with E-state index in [1.807, 2.05) is 19.1 Å². The van der Waals surface area contributed by atoms with Gasteiger partial charge in [-0.05, 0) is 90.0 Å². The van der Waals surface area contributed by atoms with E-state index in [9.17, 15) is 9.90 Å². The lowest BCUT2D eigenvalue weighted by Crippen LogP contribution is -2.35. The fourth-order valence-corrected chi connectivity index (χ4v) is 2.56. The molecule has 6 heteroatoms. The lowest BCUT2D eigenvalue weighted by Gasteiger charge is -2.15. The quantitative estimate of drug-likeness (QED) is 0.393. The Balaban J connectivity index is 1.90. The Labute approximate surface area is 148 Å². The lowest BCUT2D eigenvalue weighted by atomic mass is 10.2. The van der Waals surface area contributed by atoms with Crippen LogP contribution in [0.15, 0.2) is 47.6 Å². The second-order valence-corrected chi connectivity index (χ2v) is 6.40. The Morgan fingerprint density at radius 2 is 1.96 bits per heavy atom. The van der Waals surface area contributed by atoms with E-state index in [-0.39, 0.29) is 11.7 Å². The molecule has 2 aromatic carbocycles. The highest BCUT2D eigenvalue weighted by molar-refractivity contribution is 14.1. The summed E-state index contributed by atoms with van der Waals surface area (Å²) in [6, 6.07) is 12.1. The van der Waals surface area contributed by atoms with E-state index < -0.39 is 6.04 Å². The highest BCUT2D eigenvalue weighted by Crippen LogP contribution is 2.18. The molecule has 1 amide bonds. The third-order valence-corrected chi connectivity index (χ3v) is 3.91. The van der Waals surface area contributed by atoms with Crippen LogP contribution in [0, 0.1) is 10.5 Å². The molecule has 3 N–H and O–H groups in total. The normalized spacial score (nSPS) is 12.1. The van der Waals surface area contributed by atoms with Gasteiger partial charge in [0.1, 0.15) is 11.8 Å². The van der Waals surface area contributed by atoms with Crippen molar-refractivity contribution in [3.63, 3.8) is 0 Å². The third-order valence-electron chi connectivity index (χ3n) is 3.24. The summed E-state index contributed by atoms with van der Waals surface area (Å²) < 4.78 is 1.15. The predicted molar refractivity (Wildman–Crippen MR) is 101 cm³/mol. The van der Waals surface area contributed by atoms with Crippen molar-refractivity contribution in [1.82, 2.24) is 5.43 Å². The first kappa shape index (κ1) is 17.3. The van der Waals surface area contributed by atoms with Crippen LogP contribution in [0.4, 0.5) is 5.69 Å². The summed E-state index contributed by atoms with van der Waals surface area (Å²) in [6.45, 7) is 3.78. The number of carbonyl (C=O) groups excluding carboxylic acids is 1. The van der Waals surface area contributed by atoms with Gasteiger partial charge in [0, 0.05) is 9.26 Å². The van der Waals surface area contributed by atoms with Gasteiger partial charge < -0.3 is 10.4 Å². The summed E-state index contributed by atoms with van der Waals surface area (Å²) in [4.78, 5) is 12.0. The molecule has 2 aromatic rings. The summed E-state index contributed by atoms with van der Waals surface area (Å²) in [5, 5.41) is 16.3. The van der Waals surface area contributed by atoms with E-state index in [2.05, 4.69) is 44.5 Å². The number of phenols is 1. The third kappa shape index (κ3) is 5.24. The highest BCUT2D eigenvalue weighted by Gasteiger charge is 2.12. The van der Waals surface area contributed by atoms with Crippen LogP contribution in [0.1, 0.15) is 18.1 Å². The fourth-order valence-electron chi connectivity index (χ4n) is 1.92. The number of hydrogen-bond acceptors (Lipinski definition) is 4. The summed E-state index contributed by atoms with van der Waals surface area (Å²) in [7, 11) is 0. The molecule has 0 saturated carbocycles. The van der Waals surface area contributed by atoms with Gasteiger partial charge in [0.15, 0.2) is 0 Å². The van der Waals surface area contributed by atoms with Gasteiger partial charge in [-0.3, -0.25) is 4.79 Å². The van der Waals surface area contributed by atoms with Gasteiger partial charge in [-0.25, -0.2) is 5.43 Å². The average molecular weight is 423 g/mol. The summed E-state index contributed by atoms with van der Waals surface area (Å²) in [5.41, 5.74) is 5.30. The minimum absolute atomic E-state index is 0.192. The van der Waals surface area contributed by atoms with Crippen molar-refractivity contribution in [1.29, 1.82) is 0 Å². The Morgan fingerprint density at radius 1 is 1.26 bits per heavy atom. The fraction of sp³-hybridized carbons (Fsp3) is 0.176. The van der Waals surface area contributed by atoms with Gasteiger partial charge in [0.2, 0.25) is 0 Å². The van der Waals surface area contributed by atoms with Crippen LogP contribution in [0.5, 0.6) is 5.75 Å². The van der Waals surface area contributed by atoms with Gasteiger partial charge >= 0.3 is 0 Å². The molecular weight excluding hydrogens is 405 g/mol. The summed E-state index contributed by atoms with van der Waals surface area (Å²) in [5.74, 6) is -0.0325. The monoisotopic (exact) mass is 423 g/mol. The number of aromatic hydroxyl groups is 1. The molecule has 0 fully saturated rings. The Hall–Kier alpha value is -2.09. The second kappa shape index (κ2) is 7.96. The topological polar surface area (TPSA) is 73.7 Å². The van der Waals surface area contributed by atoms with Crippen molar-refractivity contribution in [2.75, 3.05) is 5.32 Å². The van der Waals surface area contributed by atoms with E-state index in [1.165, 1.54) is 6.21 Å². The number of nitrogens with zero attached hydrogens (tertiary/aromatic N) is 1. The maximum atomic E-state index is 12.0. The highest BCUT2D eigenvalue weighted by atomic mass is 127. The van der Waals surface area contributed by atoms with Crippen LogP contribution < -0.4 is 10.7 Å². The molecule has 1 atom stereocenters. The molecule has 120 valence electrons. The van der Waals surface area contributed by atoms with E-state index in [1.54, 1.807) is 31.2 Å². The number of aryl methyl sites for hydroxylation is 1. The van der Waals surface area contributed by atoms with Crippen LogP contribution in [-0.2, 0) is 4.79 Å². The molecule has 0 radical (unpaired) electrons. The first-order chi connectivity index (χ1) is 11.0. The van der Waals surface area contributed by atoms with Gasteiger partial charge in [0.25, 0.3) is 5.91 Å². The number of phenolic OH excluding ortho intramolecular Hbond substituents is 1. The predicted octanol–water partition coefficient (Wildman–Crippen LogP) is 3.26. The lowest BCUT2D eigenvalue weighted by molar-refractivity contribution is -0.121. The zero-order valence-corrected chi connectivity index (χ0v) is 15.0. The first-order valence-electron chi connectivity index (χ1n) is 7.10. The molecule has 0 saturated heterocycles. The van der Waals surface area contributed by atoms with Crippen molar-refractivity contribution in [3.05, 3.63) is 57.2 Å². The molecule has 23 heavy (non-hydrogen) atoms. The average Bonchev–Trinajstić information content (AvgIpc) is 2.51. The number of hydrazone groups is 1. The maximum absolute atomic E-state index is 12.0. The van der Waals surface area contributed by atoms with Crippen LogP contribution in [0.3, 0.4) is 0 Å². The molecule has 0 unspecified atom stereocenters. The van der Waals surface area contributed by atoms with E-state index in [0.717, 1.165) is 20.4 Å². The van der Waals surface area contributed by atoms with Gasteiger partial charge in [-0.1, -0.05) is 0 Å². The van der Waals surface area contributed by atoms with Crippen LogP contribution in [0.2, 0.25) is 0 Å². The zero-order valence-electron chi connectivity index (χ0n) is 12.9. The van der Waals surface area contributed by atoms with Crippen LogP contribution >= 0.6 is 22.6 Å². The molecule has 2 rings (SSSR count). The van der Waals surface area contributed by atoms with Gasteiger partial charge in [-0.2, -0.15) is 5.10 Å². The molecule has 0 aliphatic heterocycles. The number of rotatable bonds is 5. The molecule has 0 spiro atoms. The Kier molecular flexibility index (Phi) is 5.97. The number of benzene rings is 2. The summed E-state index contributed by atoms with van der Waals surface area (Å²) >= 11 is 2.25. The SMILES string of the molecule is Cc1cc(I)ccc1N[C@@H](C)C(=O)N/N=C\c1ccc(O)cc1. The first-order valence-corrected chi connectivity index (χ1v) is 8.18. The summed E-state index contributed by atoms with van der Waals surface area (Å²) in [6.07, 6.45) is 1.53. The van der Waals surface area contributed by atoms with Crippen molar-refractivity contribution in [2.24, 2.45) is 5.10 Å². The Bertz CT molecular complexity index is 714. The zero-order chi connectivity index (χ0) is 16.8. The number of halogens is 1. The van der Waals surface area contributed by atoms with Crippen LogP contribution in [0.25, 0.3) is 0 Å².